The van der Waals surface area contributed by atoms with Crippen molar-refractivity contribution in [1.82, 2.24) is 0 Å². The van der Waals surface area contributed by atoms with E-state index in [1.54, 1.807) is 6.92 Å². The molecule has 0 saturated carbocycles. The molecule has 0 spiro atoms. The standard InChI is InChI=1S/C14H19BrO6/c1-3-19-7-10(16)8-21-13-11(15)5-9(14(17)18)6-12(13)20-4-2/h5-6,10,16H,3-4,7-8H2,1-2H3,(H,17,18). The number of aliphatic hydroxyl groups excluding tert-OH is 1. The second-order valence-corrected chi connectivity index (χ2v) is 5.00. The largest absolute Gasteiger partial charge is 0.490 e. The lowest BCUT2D eigenvalue weighted by Gasteiger charge is -2.17. The molecule has 1 rings (SSSR count). The lowest BCUT2D eigenvalue weighted by molar-refractivity contribution is 0.0157. The van der Waals surface area contributed by atoms with E-state index in [0.717, 1.165) is 0 Å². The lowest BCUT2D eigenvalue weighted by Crippen LogP contribution is -2.23. The van der Waals surface area contributed by atoms with E-state index in [9.17, 15) is 9.90 Å². The Morgan fingerprint density at radius 2 is 1.95 bits per heavy atom. The molecule has 0 heterocycles. The summed E-state index contributed by atoms with van der Waals surface area (Å²) in [6, 6.07) is 2.82. The van der Waals surface area contributed by atoms with Gasteiger partial charge in [-0.2, -0.15) is 0 Å². The van der Waals surface area contributed by atoms with Crippen molar-refractivity contribution in [2.75, 3.05) is 26.4 Å². The Hall–Kier alpha value is -1.31. The Bertz CT molecular complexity index is 477. The SMILES string of the molecule is CCOCC(O)COc1c(Br)cc(C(=O)O)cc1OCC. The maximum absolute atomic E-state index is 11.0. The van der Waals surface area contributed by atoms with Crippen LogP contribution in [0, 0.1) is 0 Å². The van der Waals surface area contributed by atoms with Crippen LogP contribution in [-0.4, -0.2) is 48.7 Å². The zero-order valence-electron chi connectivity index (χ0n) is 12.0. The molecule has 0 fully saturated rings. The highest BCUT2D eigenvalue weighted by Gasteiger charge is 2.16. The summed E-state index contributed by atoms with van der Waals surface area (Å²) in [6.07, 6.45) is -0.773. The van der Waals surface area contributed by atoms with Gasteiger partial charge in [-0.15, -0.1) is 0 Å². The number of carboxylic acid groups (broad SMARTS) is 1. The van der Waals surface area contributed by atoms with Crippen LogP contribution < -0.4 is 9.47 Å². The average molecular weight is 363 g/mol. The van der Waals surface area contributed by atoms with Crippen LogP contribution >= 0.6 is 15.9 Å². The fraction of sp³-hybridized carbons (Fsp3) is 0.500. The second kappa shape index (κ2) is 8.86. The molecule has 0 aliphatic carbocycles. The van der Waals surface area contributed by atoms with Crippen LogP contribution in [0.4, 0.5) is 0 Å². The minimum Gasteiger partial charge on any atom is -0.490 e. The fourth-order valence-corrected chi connectivity index (χ4v) is 2.13. The average Bonchev–Trinajstić information content (AvgIpc) is 2.44. The van der Waals surface area contributed by atoms with E-state index in [2.05, 4.69) is 15.9 Å². The van der Waals surface area contributed by atoms with Gasteiger partial charge in [0.1, 0.15) is 12.7 Å². The van der Waals surface area contributed by atoms with Gasteiger partial charge in [-0.25, -0.2) is 4.79 Å². The molecule has 7 heteroatoms. The molecule has 21 heavy (non-hydrogen) atoms. The van der Waals surface area contributed by atoms with Gasteiger partial charge in [0.05, 0.1) is 23.2 Å². The predicted octanol–water partition coefficient (Wildman–Crippen LogP) is 2.32. The molecule has 0 saturated heterocycles. The van der Waals surface area contributed by atoms with Crippen LogP contribution in [0.3, 0.4) is 0 Å². The predicted molar refractivity (Wildman–Crippen MR) is 80.3 cm³/mol. The number of aromatic carboxylic acids is 1. The maximum atomic E-state index is 11.0. The van der Waals surface area contributed by atoms with Gasteiger partial charge in [0, 0.05) is 6.61 Å². The number of halogens is 1. The Labute approximate surface area is 131 Å². The summed E-state index contributed by atoms with van der Waals surface area (Å²) < 4.78 is 16.5. The molecular weight excluding hydrogens is 344 g/mol. The van der Waals surface area contributed by atoms with Crippen LogP contribution in [0.15, 0.2) is 16.6 Å². The minimum atomic E-state index is -1.06. The highest BCUT2D eigenvalue weighted by atomic mass is 79.9. The third-order valence-corrected chi connectivity index (χ3v) is 3.08. The summed E-state index contributed by atoms with van der Waals surface area (Å²) in [6.45, 7) is 4.69. The van der Waals surface area contributed by atoms with Crippen LogP contribution in [-0.2, 0) is 4.74 Å². The van der Waals surface area contributed by atoms with Gasteiger partial charge in [0.15, 0.2) is 11.5 Å². The molecule has 0 bridgehead atoms. The number of ether oxygens (including phenoxy) is 3. The van der Waals surface area contributed by atoms with Gasteiger partial charge in [0.2, 0.25) is 0 Å². The summed E-state index contributed by atoms with van der Waals surface area (Å²) in [4.78, 5) is 11.0. The van der Waals surface area contributed by atoms with Crippen molar-refractivity contribution in [2.45, 2.75) is 20.0 Å². The van der Waals surface area contributed by atoms with Crippen LogP contribution in [0.5, 0.6) is 11.5 Å². The zero-order chi connectivity index (χ0) is 15.8. The number of aliphatic hydroxyl groups is 1. The topological polar surface area (TPSA) is 85.2 Å². The first-order valence-corrected chi connectivity index (χ1v) is 7.37. The third kappa shape index (κ3) is 5.53. The van der Waals surface area contributed by atoms with Crippen molar-refractivity contribution in [3.63, 3.8) is 0 Å². The summed E-state index contributed by atoms with van der Waals surface area (Å²) in [5.41, 5.74) is 0.0903. The van der Waals surface area contributed by atoms with E-state index < -0.39 is 12.1 Å². The van der Waals surface area contributed by atoms with E-state index in [-0.39, 0.29) is 18.8 Å². The van der Waals surface area contributed by atoms with Crippen LogP contribution in [0.1, 0.15) is 24.2 Å². The molecule has 118 valence electrons. The van der Waals surface area contributed by atoms with Crippen molar-refractivity contribution >= 4 is 21.9 Å². The van der Waals surface area contributed by atoms with E-state index in [1.165, 1.54) is 12.1 Å². The van der Waals surface area contributed by atoms with Crippen molar-refractivity contribution in [2.24, 2.45) is 0 Å². The number of benzene rings is 1. The van der Waals surface area contributed by atoms with Crippen molar-refractivity contribution < 1.29 is 29.2 Å². The molecular formula is C14H19BrO6. The molecule has 1 aromatic carbocycles. The van der Waals surface area contributed by atoms with Gasteiger partial charge < -0.3 is 24.4 Å². The van der Waals surface area contributed by atoms with Crippen LogP contribution in [0.25, 0.3) is 0 Å². The number of hydrogen-bond acceptors (Lipinski definition) is 5. The molecule has 1 unspecified atom stereocenters. The molecule has 0 aromatic heterocycles. The molecule has 0 aliphatic rings. The first-order chi connectivity index (χ1) is 9.99. The molecule has 0 amide bonds. The molecule has 1 atom stereocenters. The molecule has 6 nitrogen and oxygen atoms in total. The Morgan fingerprint density at radius 3 is 2.52 bits per heavy atom. The van der Waals surface area contributed by atoms with Crippen LogP contribution in [0.2, 0.25) is 0 Å². The Balaban J connectivity index is 2.86. The second-order valence-electron chi connectivity index (χ2n) is 4.15. The highest BCUT2D eigenvalue weighted by molar-refractivity contribution is 9.10. The van der Waals surface area contributed by atoms with Crippen molar-refractivity contribution in [3.8, 4) is 11.5 Å². The van der Waals surface area contributed by atoms with E-state index in [4.69, 9.17) is 19.3 Å². The van der Waals surface area contributed by atoms with Crippen molar-refractivity contribution in [1.29, 1.82) is 0 Å². The van der Waals surface area contributed by atoms with Gasteiger partial charge in [0.25, 0.3) is 0 Å². The third-order valence-electron chi connectivity index (χ3n) is 2.49. The van der Waals surface area contributed by atoms with Gasteiger partial charge >= 0.3 is 5.97 Å². The smallest absolute Gasteiger partial charge is 0.335 e. The highest BCUT2D eigenvalue weighted by Crippen LogP contribution is 2.37. The monoisotopic (exact) mass is 362 g/mol. The summed E-state index contributed by atoms with van der Waals surface area (Å²) in [5, 5.41) is 18.7. The lowest BCUT2D eigenvalue weighted by atomic mass is 10.2. The number of hydrogen-bond donors (Lipinski definition) is 2. The zero-order valence-corrected chi connectivity index (χ0v) is 13.6. The first-order valence-electron chi connectivity index (χ1n) is 6.57. The van der Waals surface area contributed by atoms with E-state index in [1.807, 2.05) is 6.92 Å². The normalized spacial score (nSPS) is 12.0. The molecule has 0 aliphatic heterocycles. The van der Waals surface area contributed by atoms with Gasteiger partial charge in [-0.05, 0) is 41.9 Å². The van der Waals surface area contributed by atoms with Crippen molar-refractivity contribution in [3.05, 3.63) is 22.2 Å². The molecule has 1 aromatic rings. The first kappa shape index (κ1) is 17.7. The summed E-state index contributed by atoms with van der Waals surface area (Å²) in [7, 11) is 0. The maximum Gasteiger partial charge on any atom is 0.335 e. The quantitative estimate of drug-likeness (QED) is 0.701. The number of rotatable bonds is 9. The summed E-state index contributed by atoms with van der Waals surface area (Å²) in [5.74, 6) is -0.384. The van der Waals surface area contributed by atoms with E-state index in [0.29, 0.717) is 29.2 Å². The van der Waals surface area contributed by atoms with Gasteiger partial charge in [-0.3, -0.25) is 0 Å². The number of carboxylic acids is 1. The molecule has 2 N–H and O–H groups in total. The minimum absolute atomic E-state index is 0.0189. The molecule has 0 radical (unpaired) electrons. The van der Waals surface area contributed by atoms with Gasteiger partial charge in [-0.1, -0.05) is 0 Å². The van der Waals surface area contributed by atoms with E-state index >= 15 is 0 Å². The Kier molecular flexibility index (Phi) is 7.49. The Morgan fingerprint density at radius 1 is 1.24 bits per heavy atom. The fourth-order valence-electron chi connectivity index (χ4n) is 1.58. The number of carbonyl (C=O) groups is 1. The summed E-state index contributed by atoms with van der Waals surface area (Å²) >= 11 is 3.26.